The Labute approximate surface area is 124 Å². The van der Waals surface area contributed by atoms with Crippen molar-refractivity contribution < 1.29 is 14.4 Å². The van der Waals surface area contributed by atoms with Gasteiger partial charge in [-0.1, -0.05) is 0 Å². The SMILES string of the molecule is CC(=O)c1ccc(NC(=O)CC(=O)N2CCCCC2)cc1. The molecule has 0 aromatic heterocycles. The van der Waals surface area contributed by atoms with E-state index in [9.17, 15) is 14.4 Å². The zero-order valence-corrected chi connectivity index (χ0v) is 12.2. The number of benzene rings is 1. The number of hydrogen-bond acceptors (Lipinski definition) is 3. The predicted octanol–water partition coefficient (Wildman–Crippen LogP) is 2.23. The molecule has 1 aromatic rings. The van der Waals surface area contributed by atoms with Gasteiger partial charge in [0.2, 0.25) is 11.8 Å². The molecule has 0 bridgehead atoms. The zero-order valence-electron chi connectivity index (χ0n) is 12.2. The first-order chi connectivity index (χ1) is 10.1. The zero-order chi connectivity index (χ0) is 15.2. The molecule has 0 unspecified atom stereocenters. The van der Waals surface area contributed by atoms with Crippen molar-refractivity contribution in [3.05, 3.63) is 29.8 Å². The van der Waals surface area contributed by atoms with Crippen LogP contribution in [0.3, 0.4) is 0 Å². The lowest BCUT2D eigenvalue weighted by atomic mass is 10.1. The molecule has 0 atom stereocenters. The van der Waals surface area contributed by atoms with Gasteiger partial charge >= 0.3 is 0 Å². The summed E-state index contributed by atoms with van der Waals surface area (Å²) in [4.78, 5) is 36.7. The van der Waals surface area contributed by atoms with Gasteiger partial charge in [-0.15, -0.1) is 0 Å². The van der Waals surface area contributed by atoms with Crippen molar-refractivity contribution in [1.82, 2.24) is 4.90 Å². The van der Waals surface area contributed by atoms with Crippen molar-refractivity contribution in [1.29, 1.82) is 0 Å². The fourth-order valence-electron chi connectivity index (χ4n) is 2.39. The summed E-state index contributed by atoms with van der Waals surface area (Å²) in [6.07, 6.45) is 3.05. The lowest BCUT2D eigenvalue weighted by Crippen LogP contribution is -2.37. The summed E-state index contributed by atoms with van der Waals surface area (Å²) in [5.41, 5.74) is 1.19. The second-order valence-corrected chi connectivity index (χ2v) is 5.30. The molecule has 0 radical (unpaired) electrons. The van der Waals surface area contributed by atoms with Gasteiger partial charge in [0, 0.05) is 24.3 Å². The van der Waals surface area contributed by atoms with E-state index in [4.69, 9.17) is 0 Å². The van der Waals surface area contributed by atoms with Crippen molar-refractivity contribution in [2.75, 3.05) is 18.4 Å². The van der Waals surface area contributed by atoms with Crippen LogP contribution in [0.25, 0.3) is 0 Å². The van der Waals surface area contributed by atoms with E-state index in [-0.39, 0.29) is 24.0 Å². The molecule has 0 spiro atoms. The fraction of sp³-hybridized carbons (Fsp3) is 0.438. The highest BCUT2D eigenvalue weighted by molar-refractivity contribution is 6.03. The molecule has 2 rings (SSSR count). The van der Waals surface area contributed by atoms with Crippen molar-refractivity contribution in [3.8, 4) is 0 Å². The minimum absolute atomic E-state index is 0.0202. The number of hydrogen-bond donors (Lipinski definition) is 1. The summed E-state index contributed by atoms with van der Waals surface area (Å²) in [6.45, 7) is 2.99. The summed E-state index contributed by atoms with van der Waals surface area (Å²) < 4.78 is 0. The third kappa shape index (κ3) is 4.41. The Bertz CT molecular complexity index is 531. The van der Waals surface area contributed by atoms with Gasteiger partial charge < -0.3 is 10.2 Å². The highest BCUT2D eigenvalue weighted by atomic mass is 16.2. The molecule has 2 amide bonds. The number of amides is 2. The number of Topliss-reactive ketones (excluding diaryl/α,β-unsaturated/α-hetero) is 1. The van der Waals surface area contributed by atoms with Gasteiger partial charge in [0.15, 0.2) is 5.78 Å². The number of nitrogens with one attached hydrogen (secondary N) is 1. The number of carbonyl (C=O) groups is 3. The van der Waals surface area contributed by atoms with Crippen molar-refractivity contribution >= 4 is 23.3 Å². The highest BCUT2D eigenvalue weighted by Crippen LogP contribution is 2.12. The summed E-state index contributed by atoms with van der Waals surface area (Å²) in [5.74, 6) is -0.457. The summed E-state index contributed by atoms with van der Waals surface area (Å²) >= 11 is 0. The number of carbonyl (C=O) groups excluding carboxylic acids is 3. The molecule has 21 heavy (non-hydrogen) atoms. The number of nitrogens with zero attached hydrogens (tertiary/aromatic N) is 1. The summed E-state index contributed by atoms with van der Waals surface area (Å²) in [6, 6.07) is 6.65. The first-order valence-electron chi connectivity index (χ1n) is 7.25. The minimum Gasteiger partial charge on any atom is -0.342 e. The van der Waals surface area contributed by atoms with Gasteiger partial charge in [-0.2, -0.15) is 0 Å². The molecule has 1 N–H and O–H groups in total. The van der Waals surface area contributed by atoms with Gasteiger partial charge in [-0.3, -0.25) is 14.4 Å². The van der Waals surface area contributed by atoms with Crippen molar-refractivity contribution in [2.45, 2.75) is 32.6 Å². The van der Waals surface area contributed by atoms with Gasteiger partial charge in [0.05, 0.1) is 0 Å². The Morgan fingerprint density at radius 2 is 1.67 bits per heavy atom. The van der Waals surface area contributed by atoms with Crippen LogP contribution < -0.4 is 5.32 Å². The average Bonchev–Trinajstić information content (AvgIpc) is 2.48. The Balaban J connectivity index is 1.86. The standard InChI is InChI=1S/C16H20N2O3/c1-12(19)13-5-7-14(8-6-13)17-15(20)11-16(21)18-9-3-2-4-10-18/h5-8H,2-4,9-11H2,1H3,(H,17,20). The van der Waals surface area contributed by atoms with E-state index in [1.54, 1.807) is 29.2 Å². The monoisotopic (exact) mass is 288 g/mol. The second kappa shape index (κ2) is 7.02. The van der Waals surface area contributed by atoms with E-state index in [0.29, 0.717) is 11.3 Å². The fourth-order valence-corrected chi connectivity index (χ4v) is 2.39. The van der Waals surface area contributed by atoms with E-state index < -0.39 is 0 Å². The maximum atomic E-state index is 12.0. The number of anilines is 1. The maximum absolute atomic E-state index is 12.0. The molecule has 1 fully saturated rings. The smallest absolute Gasteiger partial charge is 0.233 e. The van der Waals surface area contributed by atoms with Gasteiger partial charge in [0.1, 0.15) is 6.42 Å². The molecule has 1 aromatic carbocycles. The Morgan fingerprint density at radius 1 is 1.05 bits per heavy atom. The van der Waals surface area contributed by atoms with Crippen molar-refractivity contribution in [2.24, 2.45) is 0 Å². The van der Waals surface area contributed by atoms with Crippen LogP contribution in [-0.4, -0.2) is 35.6 Å². The van der Waals surface area contributed by atoms with Gasteiger partial charge in [-0.05, 0) is 50.5 Å². The van der Waals surface area contributed by atoms with Crippen LogP contribution in [0.2, 0.25) is 0 Å². The van der Waals surface area contributed by atoms with Crippen LogP contribution in [-0.2, 0) is 9.59 Å². The van der Waals surface area contributed by atoms with Gasteiger partial charge in [0.25, 0.3) is 0 Å². The van der Waals surface area contributed by atoms with Crippen molar-refractivity contribution in [3.63, 3.8) is 0 Å². The molecule has 5 heteroatoms. The quantitative estimate of drug-likeness (QED) is 0.682. The largest absolute Gasteiger partial charge is 0.342 e. The van der Waals surface area contributed by atoms with Crippen LogP contribution in [0.1, 0.15) is 43.0 Å². The first-order valence-corrected chi connectivity index (χ1v) is 7.25. The number of ketones is 1. The van der Waals surface area contributed by atoms with E-state index in [0.717, 1.165) is 32.4 Å². The number of likely N-dealkylation sites (tertiary alicyclic amines) is 1. The average molecular weight is 288 g/mol. The van der Waals surface area contributed by atoms with Crippen LogP contribution in [0.15, 0.2) is 24.3 Å². The molecule has 0 aliphatic carbocycles. The molecule has 1 aliphatic rings. The van der Waals surface area contributed by atoms with Gasteiger partial charge in [-0.25, -0.2) is 0 Å². The maximum Gasteiger partial charge on any atom is 0.233 e. The third-order valence-corrected chi connectivity index (χ3v) is 3.60. The van der Waals surface area contributed by atoms with Crippen LogP contribution in [0.4, 0.5) is 5.69 Å². The van der Waals surface area contributed by atoms with Crippen LogP contribution in [0.5, 0.6) is 0 Å². The third-order valence-electron chi connectivity index (χ3n) is 3.60. The molecule has 0 saturated carbocycles. The first kappa shape index (κ1) is 15.2. The minimum atomic E-state index is -0.318. The molecular weight excluding hydrogens is 268 g/mol. The van der Waals surface area contributed by atoms with E-state index in [1.165, 1.54) is 6.92 Å². The van der Waals surface area contributed by atoms with Crippen LogP contribution in [0, 0.1) is 0 Å². The lowest BCUT2D eigenvalue weighted by molar-refractivity contribution is -0.135. The van der Waals surface area contributed by atoms with Crippen LogP contribution >= 0.6 is 0 Å². The lowest BCUT2D eigenvalue weighted by Gasteiger charge is -2.26. The van der Waals surface area contributed by atoms with E-state index >= 15 is 0 Å². The molecule has 5 nitrogen and oxygen atoms in total. The molecule has 1 heterocycles. The molecule has 1 aliphatic heterocycles. The summed E-state index contributed by atoms with van der Waals surface area (Å²) in [5, 5.41) is 2.68. The molecular formula is C16H20N2O3. The number of rotatable bonds is 4. The number of piperidine rings is 1. The molecule has 1 saturated heterocycles. The normalized spacial score (nSPS) is 14.6. The highest BCUT2D eigenvalue weighted by Gasteiger charge is 2.19. The second-order valence-electron chi connectivity index (χ2n) is 5.30. The Morgan fingerprint density at radius 3 is 2.24 bits per heavy atom. The van der Waals surface area contributed by atoms with E-state index in [2.05, 4.69) is 5.32 Å². The summed E-state index contributed by atoms with van der Waals surface area (Å²) in [7, 11) is 0. The topological polar surface area (TPSA) is 66.5 Å². The van der Waals surface area contributed by atoms with E-state index in [1.807, 2.05) is 0 Å². The molecule has 112 valence electrons. The predicted molar refractivity (Wildman–Crippen MR) is 80.1 cm³/mol. The Hall–Kier alpha value is -2.17. The Kier molecular flexibility index (Phi) is 5.09.